The summed E-state index contributed by atoms with van der Waals surface area (Å²) in [5.74, 6) is 1.02. The van der Waals surface area contributed by atoms with Crippen LogP contribution in [0.2, 0.25) is 0 Å². The Morgan fingerprint density at radius 2 is 2.00 bits per heavy atom. The number of pyridine rings is 1. The highest BCUT2D eigenvalue weighted by Gasteiger charge is 2.28. The van der Waals surface area contributed by atoms with Crippen molar-refractivity contribution < 1.29 is 5.11 Å². The van der Waals surface area contributed by atoms with Crippen LogP contribution in [0.25, 0.3) is 0 Å². The van der Waals surface area contributed by atoms with Crippen LogP contribution >= 0.6 is 0 Å². The van der Waals surface area contributed by atoms with Crippen molar-refractivity contribution in [3.63, 3.8) is 0 Å². The maximum atomic E-state index is 9.51. The Morgan fingerprint density at radius 3 is 2.55 bits per heavy atom. The minimum Gasteiger partial charge on any atom is -0.392 e. The van der Waals surface area contributed by atoms with Crippen molar-refractivity contribution >= 4 is 5.82 Å². The standard InChI is InChI=1S/C17H28N2O/c1-16(2,3)14-9-13(11-20)10-15(18-14)19-8-6-7-17(4,5)12-19/h9-10,20H,6-8,11-12H2,1-5H3. The van der Waals surface area contributed by atoms with Gasteiger partial charge in [0, 0.05) is 24.2 Å². The zero-order chi connectivity index (χ0) is 15.0. The van der Waals surface area contributed by atoms with E-state index in [-0.39, 0.29) is 12.0 Å². The smallest absolute Gasteiger partial charge is 0.129 e. The quantitative estimate of drug-likeness (QED) is 0.898. The lowest BCUT2D eigenvalue weighted by Crippen LogP contribution is -2.40. The van der Waals surface area contributed by atoms with Gasteiger partial charge in [0.1, 0.15) is 5.82 Å². The monoisotopic (exact) mass is 276 g/mol. The number of hydrogen-bond donors (Lipinski definition) is 1. The molecule has 0 bridgehead atoms. The van der Waals surface area contributed by atoms with Gasteiger partial charge in [-0.25, -0.2) is 4.98 Å². The molecule has 0 radical (unpaired) electrons. The summed E-state index contributed by atoms with van der Waals surface area (Å²) in [6.45, 7) is 13.3. The lowest BCUT2D eigenvalue weighted by molar-refractivity contribution is 0.280. The minimum atomic E-state index is 0.00519. The van der Waals surface area contributed by atoms with Crippen molar-refractivity contribution in [1.29, 1.82) is 0 Å². The number of hydrogen-bond acceptors (Lipinski definition) is 3. The zero-order valence-corrected chi connectivity index (χ0v) is 13.5. The van der Waals surface area contributed by atoms with Crippen molar-refractivity contribution in [2.24, 2.45) is 5.41 Å². The van der Waals surface area contributed by atoms with Crippen LogP contribution in [0.1, 0.15) is 58.7 Å². The number of aliphatic hydroxyl groups is 1. The van der Waals surface area contributed by atoms with Gasteiger partial charge in [0.2, 0.25) is 0 Å². The molecule has 1 aromatic heterocycles. The van der Waals surface area contributed by atoms with Gasteiger partial charge >= 0.3 is 0 Å². The summed E-state index contributed by atoms with van der Waals surface area (Å²) >= 11 is 0. The van der Waals surface area contributed by atoms with Gasteiger partial charge in [0.15, 0.2) is 0 Å². The van der Waals surface area contributed by atoms with Crippen LogP contribution < -0.4 is 4.90 Å². The van der Waals surface area contributed by atoms with Crippen LogP contribution in [-0.4, -0.2) is 23.2 Å². The van der Waals surface area contributed by atoms with Crippen LogP contribution in [-0.2, 0) is 12.0 Å². The number of piperidine rings is 1. The predicted molar refractivity (Wildman–Crippen MR) is 84.1 cm³/mol. The first-order valence-electron chi connectivity index (χ1n) is 7.58. The molecular weight excluding hydrogens is 248 g/mol. The summed E-state index contributed by atoms with van der Waals surface area (Å²) in [6.07, 6.45) is 2.48. The van der Waals surface area contributed by atoms with Crippen molar-refractivity contribution in [3.8, 4) is 0 Å². The molecule has 112 valence electrons. The second-order valence-corrected chi connectivity index (χ2v) is 7.82. The average molecular weight is 276 g/mol. The third-order valence-corrected chi connectivity index (χ3v) is 4.05. The highest BCUT2D eigenvalue weighted by molar-refractivity contribution is 5.44. The fourth-order valence-electron chi connectivity index (χ4n) is 2.83. The number of nitrogens with zero attached hydrogens (tertiary/aromatic N) is 2. The molecular formula is C17H28N2O. The molecule has 3 heteroatoms. The molecule has 0 atom stereocenters. The Labute approximate surface area is 123 Å². The van der Waals surface area contributed by atoms with E-state index in [1.807, 2.05) is 12.1 Å². The maximum absolute atomic E-state index is 9.51. The highest BCUT2D eigenvalue weighted by Crippen LogP contribution is 2.32. The lowest BCUT2D eigenvalue weighted by atomic mass is 9.84. The van der Waals surface area contributed by atoms with Gasteiger partial charge in [-0.2, -0.15) is 0 Å². The van der Waals surface area contributed by atoms with Crippen LogP contribution in [0.4, 0.5) is 5.82 Å². The molecule has 0 saturated carbocycles. The third-order valence-electron chi connectivity index (χ3n) is 4.05. The van der Waals surface area contributed by atoms with E-state index in [1.165, 1.54) is 12.8 Å². The molecule has 0 aliphatic carbocycles. The lowest BCUT2D eigenvalue weighted by Gasteiger charge is -2.39. The predicted octanol–water partition coefficient (Wildman–Crippen LogP) is 3.50. The van der Waals surface area contributed by atoms with Gasteiger partial charge < -0.3 is 10.0 Å². The molecule has 1 fully saturated rings. The summed E-state index contributed by atoms with van der Waals surface area (Å²) in [6, 6.07) is 4.06. The van der Waals surface area contributed by atoms with E-state index in [4.69, 9.17) is 4.98 Å². The molecule has 0 unspecified atom stereocenters. The first-order chi connectivity index (χ1) is 9.21. The molecule has 2 heterocycles. The SMILES string of the molecule is CC1(C)CCCN(c2cc(CO)cc(C(C)(C)C)n2)C1. The minimum absolute atomic E-state index is 0.00519. The third kappa shape index (κ3) is 3.51. The molecule has 20 heavy (non-hydrogen) atoms. The van der Waals surface area contributed by atoms with E-state index in [9.17, 15) is 5.11 Å². The second kappa shape index (κ2) is 5.36. The van der Waals surface area contributed by atoms with Crippen LogP contribution in [0.15, 0.2) is 12.1 Å². The molecule has 1 aliphatic rings. The van der Waals surface area contributed by atoms with E-state index in [2.05, 4.69) is 39.5 Å². The van der Waals surface area contributed by atoms with E-state index in [0.29, 0.717) is 5.41 Å². The van der Waals surface area contributed by atoms with Gasteiger partial charge in [0.25, 0.3) is 0 Å². The van der Waals surface area contributed by atoms with Crippen molar-refractivity contribution in [2.75, 3.05) is 18.0 Å². The molecule has 3 nitrogen and oxygen atoms in total. The van der Waals surface area contributed by atoms with Crippen molar-refractivity contribution in [2.45, 2.75) is 59.5 Å². The molecule has 0 spiro atoms. The summed E-state index contributed by atoms with van der Waals surface area (Å²) in [5, 5.41) is 9.51. The largest absolute Gasteiger partial charge is 0.392 e. The summed E-state index contributed by atoms with van der Waals surface area (Å²) in [4.78, 5) is 7.23. The van der Waals surface area contributed by atoms with Crippen LogP contribution in [0.5, 0.6) is 0 Å². The Morgan fingerprint density at radius 1 is 1.30 bits per heavy atom. The van der Waals surface area contributed by atoms with Crippen LogP contribution in [0, 0.1) is 5.41 Å². The summed E-state index contributed by atoms with van der Waals surface area (Å²) in [5.41, 5.74) is 2.37. The Balaban J connectivity index is 2.36. The van der Waals surface area contributed by atoms with E-state index < -0.39 is 0 Å². The molecule has 1 aliphatic heterocycles. The highest BCUT2D eigenvalue weighted by atomic mass is 16.3. The van der Waals surface area contributed by atoms with Crippen LogP contribution in [0.3, 0.4) is 0 Å². The molecule has 0 amide bonds. The van der Waals surface area contributed by atoms with E-state index in [1.54, 1.807) is 0 Å². The number of anilines is 1. The maximum Gasteiger partial charge on any atom is 0.129 e. The fraction of sp³-hybridized carbons (Fsp3) is 0.706. The summed E-state index contributed by atoms with van der Waals surface area (Å²) in [7, 11) is 0. The van der Waals surface area contributed by atoms with Crippen molar-refractivity contribution in [3.05, 3.63) is 23.4 Å². The van der Waals surface area contributed by atoms with E-state index >= 15 is 0 Å². The van der Waals surface area contributed by atoms with Gasteiger partial charge in [0.05, 0.1) is 6.61 Å². The average Bonchev–Trinajstić information content (AvgIpc) is 2.36. The van der Waals surface area contributed by atoms with E-state index in [0.717, 1.165) is 30.2 Å². The number of aliphatic hydroxyl groups excluding tert-OH is 1. The Bertz CT molecular complexity index is 474. The van der Waals surface area contributed by atoms with Gasteiger partial charge in [-0.1, -0.05) is 34.6 Å². The van der Waals surface area contributed by atoms with Gasteiger partial charge in [-0.3, -0.25) is 0 Å². The first kappa shape index (κ1) is 15.3. The summed E-state index contributed by atoms with van der Waals surface area (Å²) < 4.78 is 0. The second-order valence-electron chi connectivity index (χ2n) is 7.82. The number of aromatic nitrogens is 1. The number of rotatable bonds is 2. The molecule has 1 saturated heterocycles. The Hall–Kier alpha value is -1.09. The van der Waals surface area contributed by atoms with Gasteiger partial charge in [-0.05, 0) is 36.0 Å². The normalized spacial score (nSPS) is 19.2. The molecule has 0 aromatic carbocycles. The van der Waals surface area contributed by atoms with Crippen molar-refractivity contribution in [1.82, 2.24) is 4.98 Å². The molecule has 1 aromatic rings. The van der Waals surface area contributed by atoms with Gasteiger partial charge in [-0.15, -0.1) is 0 Å². The topological polar surface area (TPSA) is 36.4 Å². The molecule has 1 N–H and O–H groups in total. The zero-order valence-electron chi connectivity index (χ0n) is 13.5. The first-order valence-corrected chi connectivity index (χ1v) is 7.58. The molecule has 2 rings (SSSR count). The fourth-order valence-corrected chi connectivity index (χ4v) is 2.83. The Kier molecular flexibility index (Phi) is 4.10.